The number of hydrogen-bond donors (Lipinski definition) is 2. The Bertz CT molecular complexity index is 996. The number of para-hydroxylation sites is 2. The molecule has 1 amide bonds. The lowest BCUT2D eigenvalue weighted by molar-refractivity contribution is -0.117. The number of nitrogens with one attached hydrogen (secondary N) is 2. The van der Waals surface area contributed by atoms with Crippen LogP contribution in [0.2, 0.25) is 5.02 Å². The summed E-state index contributed by atoms with van der Waals surface area (Å²) in [6, 6.07) is 11.0. The first kappa shape index (κ1) is 20.7. The second-order valence-electron chi connectivity index (χ2n) is 6.59. The first-order valence-corrected chi connectivity index (χ1v) is 9.83. The third-order valence-corrected chi connectivity index (χ3v) is 4.59. The topological polar surface area (TPSA) is 76.2 Å². The molecule has 1 heterocycles. The largest absolute Gasteiger partial charge is 0.493 e. The van der Waals surface area contributed by atoms with Gasteiger partial charge in [-0.3, -0.25) is 4.79 Å². The molecule has 0 fully saturated rings. The molecular formula is C22H24ClN3O3. The van der Waals surface area contributed by atoms with Crippen LogP contribution in [0.3, 0.4) is 0 Å². The lowest BCUT2D eigenvalue weighted by atomic mass is 10.2. The van der Waals surface area contributed by atoms with E-state index in [0.717, 1.165) is 23.0 Å². The number of nitrogens with zero attached hydrogens (tertiary/aromatic N) is 1. The van der Waals surface area contributed by atoms with Crippen LogP contribution in [0.25, 0.3) is 17.1 Å². The number of benzene rings is 2. The average Bonchev–Trinajstić information content (AvgIpc) is 3.15. The quantitative estimate of drug-likeness (QED) is 0.515. The van der Waals surface area contributed by atoms with Crippen LogP contribution in [-0.4, -0.2) is 29.6 Å². The van der Waals surface area contributed by atoms with Crippen LogP contribution in [0.15, 0.2) is 42.5 Å². The predicted octanol–water partition coefficient (Wildman–Crippen LogP) is 4.90. The molecule has 152 valence electrons. The smallest absolute Gasteiger partial charge is 0.244 e. The van der Waals surface area contributed by atoms with Crippen LogP contribution in [0.4, 0.5) is 0 Å². The number of amides is 1. The second-order valence-corrected chi connectivity index (χ2v) is 6.99. The van der Waals surface area contributed by atoms with Gasteiger partial charge in [-0.15, -0.1) is 0 Å². The van der Waals surface area contributed by atoms with Gasteiger partial charge in [-0.05, 0) is 49.2 Å². The van der Waals surface area contributed by atoms with E-state index in [0.29, 0.717) is 29.0 Å². The molecule has 29 heavy (non-hydrogen) atoms. The molecule has 0 aliphatic heterocycles. The van der Waals surface area contributed by atoms with Gasteiger partial charge in [0.2, 0.25) is 5.91 Å². The Labute approximate surface area is 174 Å². The van der Waals surface area contributed by atoms with Crippen molar-refractivity contribution in [1.82, 2.24) is 15.3 Å². The Hall–Kier alpha value is -2.99. The predicted molar refractivity (Wildman–Crippen MR) is 115 cm³/mol. The Morgan fingerprint density at radius 3 is 2.86 bits per heavy atom. The van der Waals surface area contributed by atoms with Crippen molar-refractivity contribution in [2.24, 2.45) is 0 Å². The zero-order chi connectivity index (χ0) is 20.8. The summed E-state index contributed by atoms with van der Waals surface area (Å²) in [5, 5.41) is 3.34. The lowest BCUT2D eigenvalue weighted by Crippen LogP contribution is -2.25. The van der Waals surface area contributed by atoms with Gasteiger partial charge in [0.1, 0.15) is 5.82 Å². The van der Waals surface area contributed by atoms with Crippen LogP contribution in [0.1, 0.15) is 37.7 Å². The molecule has 7 heteroatoms. The summed E-state index contributed by atoms with van der Waals surface area (Å²) in [7, 11) is 1.56. The first-order valence-electron chi connectivity index (χ1n) is 9.45. The van der Waals surface area contributed by atoms with E-state index < -0.39 is 0 Å². The number of rotatable bonds is 8. The molecule has 0 unspecified atom stereocenters. The zero-order valence-corrected chi connectivity index (χ0v) is 17.4. The minimum Gasteiger partial charge on any atom is -0.493 e. The molecule has 3 aromatic rings. The molecular weight excluding hydrogens is 390 g/mol. The highest BCUT2D eigenvalue weighted by atomic mass is 35.5. The highest BCUT2D eigenvalue weighted by molar-refractivity contribution is 6.32. The third kappa shape index (κ3) is 5.09. The summed E-state index contributed by atoms with van der Waals surface area (Å²) >= 11 is 6.32. The minimum atomic E-state index is -0.262. The number of fused-ring (bicyclic) bond motifs is 1. The molecule has 1 aromatic heterocycles. The Morgan fingerprint density at radius 2 is 2.14 bits per heavy atom. The molecule has 2 N–H and O–H groups in total. The van der Waals surface area contributed by atoms with E-state index >= 15 is 0 Å². The van der Waals surface area contributed by atoms with Crippen molar-refractivity contribution in [2.45, 2.75) is 26.3 Å². The molecule has 0 saturated heterocycles. The summed E-state index contributed by atoms with van der Waals surface area (Å²) in [6.07, 6.45) is 4.00. The van der Waals surface area contributed by atoms with Crippen molar-refractivity contribution in [3.05, 3.63) is 58.9 Å². The summed E-state index contributed by atoms with van der Waals surface area (Å²) in [5.74, 6) is 1.51. The fourth-order valence-corrected chi connectivity index (χ4v) is 3.13. The zero-order valence-electron chi connectivity index (χ0n) is 16.7. The fraction of sp³-hybridized carbons (Fsp3) is 0.273. The SMILES string of the molecule is CCCOc1c(Cl)cc(/C=C/C(=O)N[C@H](C)c2nc3ccccc3[nH]2)cc1OC. The highest BCUT2D eigenvalue weighted by Crippen LogP contribution is 2.36. The second kappa shape index (κ2) is 9.47. The maximum atomic E-state index is 12.3. The van der Waals surface area contributed by atoms with Gasteiger partial charge in [0.05, 0.1) is 35.8 Å². The van der Waals surface area contributed by atoms with Gasteiger partial charge in [0.25, 0.3) is 0 Å². The number of carbonyl (C=O) groups excluding carboxylic acids is 1. The molecule has 0 aliphatic rings. The standard InChI is InChI=1S/C22H24ClN3O3/c1-4-11-29-21-16(23)12-15(13-19(21)28-3)9-10-20(27)24-14(2)22-25-17-7-5-6-8-18(17)26-22/h5-10,12-14H,4,11H2,1-3H3,(H,24,27)(H,25,26)/b10-9+/t14-/m1/s1. The van der Waals surface area contributed by atoms with Gasteiger partial charge in [-0.1, -0.05) is 30.7 Å². The summed E-state index contributed by atoms with van der Waals surface area (Å²) in [5.41, 5.74) is 2.54. The Kier molecular flexibility index (Phi) is 6.77. The summed E-state index contributed by atoms with van der Waals surface area (Å²) < 4.78 is 11.0. The Balaban J connectivity index is 1.68. The van der Waals surface area contributed by atoms with Crippen molar-refractivity contribution < 1.29 is 14.3 Å². The number of imidazole rings is 1. The minimum absolute atomic E-state index is 0.237. The maximum absolute atomic E-state index is 12.3. The normalized spacial score (nSPS) is 12.3. The van der Waals surface area contributed by atoms with Crippen molar-refractivity contribution in [3.63, 3.8) is 0 Å². The van der Waals surface area contributed by atoms with Crippen LogP contribution in [0, 0.1) is 0 Å². The van der Waals surface area contributed by atoms with E-state index in [1.807, 2.05) is 38.1 Å². The molecule has 1 atom stereocenters. The number of aromatic nitrogens is 2. The average molecular weight is 414 g/mol. The van der Waals surface area contributed by atoms with Gasteiger partial charge in [-0.2, -0.15) is 0 Å². The third-order valence-electron chi connectivity index (χ3n) is 4.31. The molecule has 3 rings (SSSR count). The van der Waals surface area contributed by atoms with E-state index in [-0.39, 0.29) is 11.9 Å². The molecule has 0 bridgehead atoms. The van der Waals surface area contributed by atoms with E-state index in [4.69, 9.17) is 21.1 Å². The number of halogens is 1. The molecule has 0 saturated carbocycles. The van der Waals surface area contributed by atoms with Crippen molar-refractivity contribution >= 4 is 34.6 Å². The van der Waals surface area contributed by atoms with Gasteiger partial charge in [0.15, 0.2) is 11.5 Å². The van der Waals surface area contributed by atoms with Crippen LogP contribution in [0.5, 0.6) is 11.5 Å². The molecule has 0 aliphatic carbocycles. The Morgan fingerprint density at radius 1 is 1.34 bits per heavy atom. The first-order chi connectivity index (χ1) is 14.0. The van der Waals surface area contributed by atoms with Crippen LogP contribution in [-0.2, 0) is 4.79 Å². The fourth-order valence-electron chi connectivity index (χ4n) is 2.86. The number of aromatic amines is 1. The number of carbonyl (C=O) groups is 1. The number of methoxy groups -OCH3 is 1. The van der Waals surface area contributed by atoms with Gasteiger partial charge < -0.3 is 19.8 Å². The van der Waals surface area contributed by atoms with Crippen molar-refractivity contribution in [2.75, 3.05) is 13.7 Å². The van der Waals surface area contributed by atoms with Gasteiger partial charge in [0, 0.05) is 6.08 Å². The number of hydrogen-bond acceptors (Lipinski definition) is 4. The van der Waals surface area contributed by atoms with Crippen molar-refractivity contribution in [1.29, 1.82) is 0 Å². The van der Waals surface area contributed by atoms with E-state index in [1.54, 1.807) is 25.3 Å². The molecule has 0 spiro atoms. The van der Waals surface area contributed by atoms with Crippen molar-refractivity contribution in [3.8, 4) is 11.5 Å². The van der Waals surface area contributed by atoms with E-state index in [9.17, 15) is 4.79 Å². The van der Waals surface area contributed by atoms with E-state index in [1.165, 1.54) is 6.08 Å². The van der Waals surface area contributed by atoms with Crippen LogP contribution >= 0.6 is 11.6 Å². The number of ether oxygens (including phenoxy) is 2. The highest BCUT2D eigenvalue weighted by Gasteiger charge is 2.13. The van der Waals surface area contributed by atoms with Gasteiger partial charge in [-0.25, -0.2) is 4.98 Å². The van der Waals surface area contributed by atoms with Crippen LogP contribution < -0.4 is 14.8 Å². The molecule has 0 radical (unpaired) electrons. The molecule has 2 aromatic carbocycles. The summed E-state index contributed by atoms with van der Waals surface area (Å²) in [6.45, 7) is 4.44. The summed E-state index contributed by atoms with van der Waals surface area (Å²) in [4.78, 5) is 20.1. The molecule has 6 nitrogen and oxygen atoms in total. The van der Waals surface area contributed by atoms with E-state index in [2.05, 4.69) is 15.3 Å². The lowest BCUT2D eigenvalue weighted by Gasteiger charge is -2.13. The maximum Gasteiger partial charge on any atom is 0.244 e. The number of H-pyrrole nitrogens is 1. The monoisotopic (exact) mass is 413 g/mol. The van der Waals surface area contributed by atoms with Gasteiger partial charge >= 0.3 is 0 Å².